The molecule has 1 atom stereocenters. The number of piperidine rings is 1. The second kappa shape index (κ2) is 6.06. The molecular formula is C15H22N2O2. The summed E-state index contributed by atoms with van der Waals surface area (Å²) in [6.07, 6.45) is 1.31. The normalized spacial score (nSPS) is 18.2. The summed E-state index contributed by atoms with van der Waals surface area (Å²) in [4.78, 5) is 14.1. The van der Waals surface area contributed by atoms with E-state index in [1.54, 1.807) is 6.92 Å². The van der Waals surface area contributed by atoms with Crippen LogP contribution in [0.2, 0.25) is 0 Å². The van der Waals surface area contributed by atoms with Crippen molar-refractivity contribution in [2.45, 2.75) is 38.8 Å². The van der Waals surface area contributed by atoms with Crippen LogP contribution in [0.25, 0.3) is 0 Å². The van der Waals surface area contributed by atoms with Gasteiger partial charge in [0.1, 0.15) is 5.75 Å². The van der Waals surface area contributed by atoms with Gasteiger partial charge in [-0.2, -0.15) is 0 Å². The lowest BCUT2D eigenvalue weighted by Crippen LogP contribution is -2.47. The molecule has 2 N–H and O–H groups in total. The van der Waals surface area contributed by atoms with Gasteiger partial charge in [0.05, 0.1) is 0 Å². The van der Waals surface area contributed by atoms with Gasteiger partial charge >= 0.3 is 0 Å². The van der Waals surface area contributed by atoms with E-state index in [4.69, 9.17) is 10.5 Å². The minimum absolute atomic E-state index is 0.0486. The fourth-order valence-corrected chi connectivity index (χ4v) is 2.25. The van der Waals surface area contributed by atoms with E-state index in [1.165, 1.54) is 5.56 Å². The standard InChI is InChI=1S/C15H22N2O2/c1-11-3-5-14(6-4-11)19-12(2)15(18)17-9-7-13(16)8-10-17/h3-6,12-13H,7-10,16H2,1-2H3. The van der Waals surface area contributed by atoms with Gasteiger partial charge in [0, 0.05) is 19.1 Å². The topological polar surface area (TPSA) is 55.6 Å². The van der Waals surface area contributed by atoms with Crippen LogP contribution in [0.5, 0.6) is 5.75 Å². The molecule has 19 heavy (non-hydrogen) atoms. The van der Waals surface area contributed by atoms with Crippen LogP contribution in [-0.4, -0.2) is 36.0 Å². The molecular weight excluding hydrogens is 240 g/mol. The molecule has 1 fully saturated rings. The molecule has 1 aromatic rings. The minimum Gasteiger partial charge on any atom is -0.481 e. The molecule has 0 aliphatic carbocycles. The van der Waals surface area contributed by atoms with Gasteiger partial charge in [0.25, 0.3) is 5.91 Å². The van der Waals surface area contributed by atoms with Crippen LogP contribution in [0.15, 0.2) is 24.3 Å². The highest BCUT2D eigenvalue weighted by molar-refractivity contribution is 5.81. The Kier molecular flexibility index (Phi) is 4.43. The van der Waals surface area contributed by atoms with Crippen molar-refractivity contribution in [3.8, 4) is 5.75 Å². The summed E-state index contributed by atoms with van der Waals surface area (Å²) in [5.74, 6) is 0.785. The van der Waals surface area contributed by atoms with E-state index in [-0.39, 0.29) is 11.9 Å². The fraction of sp³-hybridized carbons (Fsp3) is 0.533. The third-order valence-corrected chi connectivity index (χ3v) is 3.53. The van der Waals surface area contributed by atoms with Gasteiger partial charge in [-0.3, -0.25) is 4.79 Å². The van der Waals surface area contributed by atoms with Crippen LogP contribution in [0.3, 0.4) is 0 Å². The van der Waals surface area contributed by atoms with Crippen LogP contribution in [0.4, 0.5) is 0 Å². The molecule has 1 amide bonds. The number of benzene rings is 1. The largest absolute Gasteiger partial charge is 0.481 e. The number of hydrogen-bond acceptors (Lipinski definition) is 3. The molecule has 0 aromatic heterocycles. The van der Waals surface area contributed by atoms with Crippen LogP contribution in [-0.2, 0) is 4.79 Å². The van der Waals surface area contributed by atoms with Gasteiger partial charge in [0.15, 0.2) is 6.10 Å². The number of nitrogens with two attached hydrogens (primary N) is 1. The monoisotopic (exact) mass is 262 g/mol. The number of rotatable bonds is 3. The Hall–Kier alpha value is -1.55. The molecule has 1 aliphatic heterocycles. The van der Waals surface area contributed by atoms with Crippen molar-refractivity contribution in [3.63, 3.8) is 0 Å². The lowest BCUT2D eigenvalue weighted by atomic mass is 10.1. The quantitative estimate of drug-likeness (QED) is 0.902. The fourth-order valence-electron chi connectivity index (χ4n) is 2.25. The highest BCUT2D eigenvalue weighted by Gasteiger charge is 2.25. The summed E-state index contributed by atoms with van der Waals surface area (Å²) in [7, 11) is 0. The number of aryl methyl sites for hydroxylation is 1. The highest BCUT2D eigenvalue weighted by Crippen LogP contribution is 2.16. The Morgan fingerprint density at radius 1 is 1.32 bits per heavy atom. The van der Waals surface area contributed by atoms with Gasteiger partial charge in [-0.25, -0.2) is 0 Å². The zero-order valence-corrected chi connectivity index (χ0v) is 11.6. The Morgan fingerprint density at radius 2 is 1.89 bits per heavy atom. The van der Waals surface area contributed by atoms with Crippen molar-refractivity contribution in [2.75, 3.05) is 13.1 Å². The first kappa shape index (κ1) is 13.9. The van der Waals surface area contributed by atoms with Gasteiger partial charge in [0.2, 0.25) is 0 Å². The van der Waals surface area contributed by atoms with Gasteiger partial charge in [-0.15, -0.1) is 0 Å². The highest BCUT2D eigenvalue weighted by atomic mass is 16.5. The van der Waals surface area contributed by atoms with E-state index in [0.29, 0.717) is 0 Å². The van der Waals surface area contributed by atoms with Gasteiger partial charge in [-0.05, 0) is 38.8 Å². The number of nitrogens with zero attached hydrogens (tertiary/aromatic N) is 1. The maximum atomic E-state index is 12.2. The smallest absolute Gasteiger partial charge is 0.263 e. The van der Waals surface area contributed by atoms with Crippen molar-refractivity contribution in [3.05, 3.63) is 29.8 Å². The molecule has 1 aliphatic rings. The van der Waals surface area contributed by atoms with E-state index in [0.717, 1.165) is 31.7 Å². The Bertz CT molecular complexity index is 422. The molecule has 4 nitrogen and oxygen atoms in total. The van der Waals surface area contributed by atoms with Crippen LogP contribution < -0.4 is 10.5 Å². The maximum Gasteiger partial charge on any atom is 0.263 e. The predicted molar refractivity (Wildman–Crippen MR) is 75.1 cm³/mol. The van der Waals surface area contributed by atoms with Crippen molar-refractivity contribution in [2.24, 2.45) is 5.73 Å². The molecule has 0 bridgehead atoms. The lowest BCUT2D eigenvalue weighted by molar-refractivity contribution is -0.139. The molecule has 1 aromatic carbocycles. The van der Waals surface area contributed by atoms with Crippen molar-refractivity contribution < 1.29 is 9.53 Å². The average Bonchev–Trinajstić information content (AvgIpc) is 2.41. The zero-order valence-electron chi connectivity index (χ0n) is 11.6. The van der Waals surface area contributed by atoms with Crippen molar-refractivity contribution in [1.82, 2.24) is 4.90 Å². The molecule has 1 saturated heterocycles. The van der Waals surface area contributed by atoms with Crippen molar-refractivity contribution in [1.29, 1.82) is 0 Å². The Balaban J connectivity index is 1.90. The third-order valence-electron chi connectivity index (χ3n) is 3.53. The molecule has 1 unspecified atom stereocenters. The van der Waals surface area contributed by atoms with E-state index in [2.05, 4.69) is 0 Å². The number of carbonyl (C=O) groups is 1. The Labute approximate surface area is 114 Å². The maximum absolute atomic E-state index is 12.2. The SMILES string of the molecule is Cc1ccc(OC(C)C(=O)N2CCC(N)CC2)cc1. The number of likely N-dealkylation sites (tertiary alicyclic amines) is 1. The molecule has 0 spiro atoms. The molecule has 1 heterocycles. The van der Waals surface area contributed by atoms with E-state index in [1.807, 2.05) is 36.1 Å². The average molecular weight is 262 g/mol. The number of hydrogen-bond donors (Lipinski definition) is 1. The first-order valence-corrected chi connectivity index (χ1v) is 6.84. The summed E-state index contributed by atoms with van der Waals surface area (Å²) in [5.41, 5.74) is 7.02. The second-order valence-corrected chi connectivity index (χ2v) is 5.24. The minimum atomic E-state index is -0.447. The van der Waals surface area contributed by atoms with Crippen LogP contribution in [0, 0.1) is 6.92 Å². The first-order valence-electron chi connectivity index (χ1n) is 6.84. The summed E-state index contributed by atoms with van der Waals surface area (Å²) in [5, 5.41) is 0. The van der Waals surface area contributed by atoms with Crippen molar-refractivity contribution >= 4 is 5.91 Å². The summed E-state index contributed by atoms with van der Waals surface area (Å²) < 4.78 is 5.69. The van der Waals surface area contributed by atoms with E-state index >= 15 is 0 Å². The van der Waals surface area contributed by atoms with Gasteiger partial charge < -0.3 is 15.4 Å². The van der Waals surface area contributed by atoms with Crippen LogP contribution >= 0.6 is 0 Å². The first-order chi connectivity index (χ1) is 9.06. The Morgan fingerprint density at radius 3 is 2.47 bits per heavy atom. The number of amides is 1. The van der Waals surface area contributed by atoms with E-state index in [9.17, 15) is 4.79 Å². The molecule has 4 heteroatoms. The predicted octanol–water partition coefficient (Wildman–Crippen LogP) is 1.71. The van der Waals surface area contributed by atoms with Gasteiger partial charge in [-0.1, -0.05) is 17.7 Å². The second-order valence-electron chi connectivity index (χ2n) is 5.24. The molecule has 0 radical (unpaired) electrons. The lowest BCUT2D eigenvalue weighted by Gasteiger charge is -2.32. The number of ether oxygens (including phenoxy) is 1. The molecule has 2 rings (SSSR count). The third kappa shape index (κ3) is 3.70. The number of carbonyl (C=O) groups excluding carboxylic acids is 1. The molecule has 104 valence electrons. The summed E-state index contributed by atoms with van der Waals surface area (Å²) in [6, 6.07) is 7.98. The molecule has 0 saturated carbocycles. The zero-order chi connectivity index (χ0) is 13.8. The summed E-state index contributed by atoms with van der Waals surface area (Å²) in [6.45, 7) is 5.30. The van der Waals surface area contributed by atoms with Crippen LogP contribution in [0.1, 0.15) is 25.3 Å². The summed E-state index contributed by atoms with van der Waals surface area (Å²) >= 11 is 0. The van der Waals surface area contributed by atoms with E-state index < -0.39 is 6.10 Å².